The van der Waals surface area contributed by atoms with E-state index in [2.05, 4.69) is 25.3 Å². The molecule has 0 aliphatic carbocycles. The van der Waals surface area contributed by atoms with E-state index in [0.717, 1.165) is 35.9 Å². The summed E-state index contributed by atoms with van der Waals surface area (Å²) in [5, 5.41) is 10.4. The average molecular weight is 586 g/mol. The van der Waals surface area contributed by atoms with E-state index in [-0.39, 0.29) is 40.4 Å². The predicted octanol–water partition coefficient (Wildman–Crippen LogP) is 2.41. The summed E-state index contributed by atoms with van der Waals surface area (Å²) in [7, 11) is -3.78. The number of carbonyl (C=O) groups is 1. The number of anilines is 1. The molecule has 214 valence electrons. The Morgan fingerprint density at radius 1 is 1.02 bits per heavy atom. The first-order valence-corrected chi connectivity index (χ1v) is 15.4. The van der Waals surface area contributed by atoms with Crippen LogP contribution in [0.25, 0.3) is 28.0 Å². The summed E-state index contributed by atoms with van der Waals surface area (Å²) in [5.74, 6) is -0.650. The van der Waals surface area contributed by atoms with Crippen molar-refractivity contribution >= 4 is 27.2 Å². The van der Waals surface area contributed by atoms with Gasteiger partial charge >= 0.3 is 5.69 Å². The third kappa shape index (κ3) is 4.26. The fraction of sp³-hybridized carbons (Fsp3) is 0.286. The van der Waals surface area contributed by atoms with Crippen molar-refractivity contribution in [2.45, 2.75) is 48.6 Å². The Balaban J connectivity index is 1.28. The summed E-state index contributed by atoms with van der Waals surface area (Å²) >= 11 is 0. The highest BCUT2D eigenvalue weighted by Gasteiger charge is 2.46. The standard InChI is InChI=1S/C28H27N9O4S/c1-42(40,41)23-22(17-11-18-8-9-19(12-17)36(18)27(38)25-33-28(39)35-34-25)32-26-20(14-31-37(26)24(23)29)16-7-10-21(30-13-16)15-5-3-2-4-6-15/h2-7,10,13-14,17-19H,8-9,11-12,29H2,1H3,(H2,33,34,35,39). The van der Waals surface area contributed by atoms with Gasteiger partial charge < -0.3 is 10.6 Å². The molecule has 14 heteroatoms. The minimum absolute atomic E-state index is 0.00225. The van der Waals surface area contributed by atoms with Crippen molar-refractivity contribution in [3.05, 3.63) is 76.9 Å². The number of nitrogens with two attached hydrogens (primary N) is 1. The van der Waals surface area contributed by atoms with Crippen LogP contribution in [0, 0.1) is 0 Å². The van der Waals surface area contributed by atoms with Crippen molar-refractivity contribution in [2.75, 3.05) is 12.0 Å². The molecule has 2 saturated heterocycles. The molecule has 4 N–H and O–H groups in total. The number of sulfone groups is 1. The first-order valence-electron chi connectivity index (χ1n) is 13.6. The fourth-order valence-corrected chi connectivity index (χ4v) is 7.50. The van der Waals surface area contributed by atoms with Gasteiger partial charge in [-0.3, -0.25) is 14.8 Å². The second-order valence-electron chi connectivity index (χ2n) is 10.9. The van der Waals surface area contributed by atoms with Gasteiger partial charge in [0.25, 0.3) is 5.91 Å². The second-order valence-corrected chi connectivity index (χ2v) is 12.8. The van der Waals surface area contributed by atoms with Crippen molar-refractivity contribution in [3.8, 4) is 22.4 Å². The number of piperidine rings is 1. The zero-order valence-corrected chi connectivity index (χ0v) is 23.4. The number of rotatable bonds is 5. The molecule has 0 spiro atoms. The summed E-state index contributed by atoms with van der Waals surface area (Å²) in [6, 6.07) is 13.3. The number of benzene rings is 1. The zero-order valence-electron chi connectivity index (χ0n) is 22.6. The van der Waals surface area contributed by atoms with Crippen LogP contribution in [0.15, 0.2) is 64.5 Å². The Labute approximate surface area is 239 Å². The molecular formula is C28H27N9O4S. The molecule has 2 aliphatic rings. The fourth-order valence-electron chi connectivity index (χ4n) is 6.44. The molecule has 0 radical (unpaired) electrons. The number of nitrogens with one attached hydrogen (secondary N) is 2. The van der Waals surface area contributed by atoms with Crippen molar-refractivity contribution in [1.82, 2.24) is 39.7 Å². The van der Waals surface area contributed by atoms with Gasteiger partial charge in [0, 0.05) is 47.1 Å². The Morgan fingerprint density at radius 3 is 2.38 bits per heavy atom. The zero-order chi connectivity index (χ0) is 29.2. The molecule has 0 saturated carbocycles. The Morgan fingerprint density at radius 2 is 1.76 bits per heavy atom. The number of hydrogen-bond donors (Lipinski definition) is 3. The SMILES string of the molecule is CS(=O)(=O)c1c(C2CC3CCC(C2)N3C(=O)c2n[nH]c(=O)[nH]2)nc2c(-c3ccc(-c4ccccc4)nc3)cnn2c1N. The third-order valence-electron chi connectivity index (χ3n) is 8.24. The van der Waals surface area contributed by atoms with Crippen molar-refractivity contribution in [1.29, 1.82) is 0 Å². The molecule has 2 fully saturated rings. The maximum Gasteiger partial charge on any atom is 0.341 e. The normalized spacial score (nSPS) is 20.3. The second kappa shape index (κ2) is 9.62. The monoisotopic (exact) mass is 585 g/mol. The van der Waals surface area contributed by atoms with E-state index in [1.54, 1.807) is 17.3 Å². The maximum absolute atomic E-state index is 13.2. The van der Waals surface area contributed by atoms with Crippen LogP contribution >= 0.6 is 0 Å². The summed E-state index contributed by atoms with van der Waals surface area (Å²) in [5.41, 5.74) is 10.0. The number of amides is 1. The summed E-state index contributed by atoms with van der Waals surface area (Å²) in [4.78, 5) is 38.4. The molecule has 2 atom stereocenters. The minimum atomic E-state index is -3.78. The van der Waals surface area contributed by atoms with Crippen molar-refractivity contribution < 1.29 is 13.2 Å². The van der Waals surface area contributed by atoms with Crippen molar-refractivity contribution in [3.63, 3.8) is 0 Å². The summed E-state index contributed by atoms with van der Waals surface area (Å²) in [6.45, 7) is 0. The Hall–Kier alpha value is -4.85. The minimum Gasteiger partial charge on any atom is -0.382 e. The molecule has 1 aromatic carbocycles. The smallest absolute Gasteiger partial charge is 0.341 e. The molecule has 7 rings (SSSR count). The molecule has 2 unspecified atom stereocenters. The maximum atomic E-state index is 13.2. The van der Waals surface area contributed by atoms with Gasteiger partial charge in [-0.25, -0.2) is 23.3 Å². The highest BCUT2D eigenvalue weighted by molar-refractivity contribution is 7.91. The lowest BCUT2D eigenvalue weighted by Crippen LogP contribution is -2.46. The van der Waals surface area contributed by atoms with E-state index in [0.29, 0.717) is 29.7 Å². The number of pyridine rings is 1. The molecule has 6 heterocycles. The summed E-state index contributed by atoms with van der Waals surface area (Å²) < 4.78 is 27.5. The lowest BCUT2D eigenvalue weighted by atomic mass is 9.87. The molecule has 42 heavy (non-hydrogen) atoms. The van der Waals surface area contributed by atoms with E-state index in [9.17, 15) is 18.0 Å². The number of fused-ring (bicyclic) bond motifs is 3. The quantitative estimate of drug-likeness (QED) is 0.278. The van der Waals surface area contributed by atoms with Gasteiger partial charge in [0.05, 0.1) is 17.6 Å². The first-order chi connectivity index (χ1) is 20.2. The largest absolute Gasteiger partial charge is 0.382 e. The van der Waals surface area contributed by atoms with Gasteiger partial charge in [0.2, 0.25) is 5.82 Å². The van der Waals surface area contributed by atoms with Gasteiger partial charge in [0.1, 0.15) is 10.7 Å². The Kier molecular flexibility index (Phi) is 5.97. The van der Waals surface area contributed by atoms with E-state index < -0.39 is 15.5 Å². The van der Waals surface area contributed by atoms with Crippen LogP contribution in [-0.2, 0) is 9.84 Å². The van der Waals surface area contributed by atoms with E-state index in [4.69, 9.17) is 10.7 Å². The number of carbonyl (C=O) groups excluding carboxylic acids is 1. The molecule has 2 bridgehead atoms. The lowest BCUT2D eigenvalue weighted by molar-refractivity contribution is 0.0556. The summed E-state index contributed by atoms with van der Waals surface area (Å²) in [6.07, 6.45) is 6.98. The molecule has 2 aliphatic heterocycles. The number of aromatic amines is 2. The third-order valence-corrected chi connectivity index (χ3v) is 9.40. The van der Waals surface area contributed by atoms with Crippen LogP contribution in [0.2, 0.25) is 0 Å². The lowest BCUT2D eigenvalue weighted by Gasteiger charge is -2.38. The highest BCUT2D eigenvalue weighted by atomic mass is 32.2. The van der Waals surface area contributed by atoms with E-state index in [1.807, 2.05) is 42.5 Å². The number of H-pyrrole nitrogens is 2. The number of aromatic nitrogens is 7. The van der Waals surface area contributed by atoms with Gasteiger partial charge in [-0.05, 0) is 31.7 Å². The molecule has 1 amide bonds. The highest BCUT2D eigenvalue weighted by Crippen LogP contribution is 2.45. The molecule has 5 aromatic rings. The molecule has 4 aromatic heterocycles. The van der Waals surface area contributed by atoms with Gasteiger partial charge in [-0.15, -0.1) is 5.10 Å². The van der Waals surface area contributed by atoms with Gasteiger partial charge in [0.15, 0.2) is 15.5 Å². The van der Waals surface area contributed by atoms with E-state index in [1.165, 1.54) is 4.52 Å². The topological polar surface area (TPSA) is 185 Å². The van der Waals surface area contributed by atoms with Crippen LogP contribution in [0.3, 0.4) is 0 Å². The van der Waals surface area contributed by atoms with Crippen LogP contribution in [0.1, 0.15) is 47.9 Å². The molecular weight excluding hydrogens is 558 g/mol. The van der Waals surface area contributed by atoms with Gasteiger partial charge in [-0.2, -0.15) is 9.61 Å². The van der Waals surface area contributed by atoms with Crippen LogP contribution < -0.4 is 11.4 Å². The molecule has 13 nitrogen and oxygen atoms in total. The van der Waals surface area contributed by atoms with Crippen LogP contribution in [-0.4, -0.2) is 72.3 Å². The van der Waals surface area contributed by atoms with Gasteiger partial charge in [-0.1, -0.05) is 36.4 Å². The van der Waals surface area contributed by atoms with Crippen LogP contribution in [0.5, 0.6) is 0 Å². The number of nitrogen functional groups attached to an aromatic ring is 1. The van der Waals surface area contributed by atoms with E-state index >= 15 is 0 Å². The van der Waals surface area contributed by atoms with Crippen LogP contribution in [0.4, 0.5) is 5.82 Å². The number of hydrogen-bond acceptors (Lipinski definition) is 9. The van der Waals surface area contributed by atoms with Crippen molar-refractivity contribution in [2.24, 2.45) is 0 Å². The predicted molar refractivity (Wildman–Crippen MR) is 153 cm³/mol. The Bertz CT molecular complexity index is 1980. The number of nitrogens with zero attached hydrogens (tertiary/aromatic N) is 6. The first kappa shape index (κ1) is 26.1. The average Bonchev–Trinajstić information content (AvgIpc) is 3.68.